The molecule has 3 aromatic rings. The summed E-state index contributed by atoms with van der Waals surface area (Å²) < 4.78 is 6.54. The van der Waals surface area contributed by atoms with Gasteiger partial charge in [-0.25, -0.2) is 4.68 Å². The molecule has 0 atom stereocenters. The van der Waals surface area contributed by atoms with Crippen molar-refractivity contribution in [1.82, 2.24) is 20.2 Å². The van der Waals surface area contributed by atoms with Crippen LogP contribution in [0.25, 0.3) is 10.7 Å². The molecule has 9 heteroatoms. The number of carbonyl (C=O) groups excluding carboxylic acids is 1. The van der Waals surface area contributed by atoms with E-state index in [9.17, 15) is 4.79 Å². The van der Waals surface area contributed by atoms with Crippen molar-refractivity contribution < 1.29 is 9.53 Å². The van der Waals surface area contributed by atoms with Gasteiger partial charge < -0.3 is 15.9 Å². The first-order chi connectivity index (χ1) is 12.7. The van der Waals surface area contributed by atoms with E-state index in [0.29, 0.717) is 17.5 Å². The average molecular weight is 390 g/mol. The number of ether oxygens (including phenoxy) is 1. The fraction of sp³-hybridized carbons (Fsp3) is 0.235. The molecule has 3 N–H and O–H groups in total. The van der Waals surface area contributed by atoms with Gasteiger partial charge in [-0.05, 0) is 35.6 Å². The van der Waals surface area contributed by atoms with Gasteiger partial charge in [-0.2, -0.15) is 0 Å². The first-order valence-corrected chi connectivity index (χ1v) is 9.80. The summed E-state index contributed by atoms with van der Waals surface area (Å²) >= 11 is 2.80. The molecule has 0 aliphatic heterocycles. The number of thiophene rings is 1. The Hall–Kier alpha value is -2.52. The number of aromatic nitrogens is 3. The molecule has 1 amide bonds. The molecule has 0 saturated heterocycles. The topological polar surface area (TPSA) is 95.1 Å². The van der Waals surface area contributed by atoms with Crippen molar-refractivity contribution in [2.75, 3.05) is 25.3 Å². The number of hydrogen-bond acceptors (Lipinski definition) is 7. The number of amides is 1. The van der Waals surface area contributed by atoms with Crippen LogP contribution in [0.15, 0.2) is 46.9 Å². The van der Waals surface area contributed by atoms with E-state index >= 15 is 0 Å². The van der Waals surface area contributed by atoms with Crippen LogP contribution in [0.5, 0.6) is 5.75 Å². The van der Waals surface area contributed by atoms with Crippen molar-refractivity contribution in [3.63, 3.8) is 0 Å². The van der Waals surface area contributed by atoms with E-state index in [0.717, 1.165) is 22.6 Å². The van der Waals surface area contributed by atoms with Crippen LogP contribution in [-0.2, 0) is 11.2 Å². The van der Waals surface area contributed by atoms with Crippen LogP contribution in [0.3, 0.4) is 0 Å². The molecule has 3 rings (SSSR count). The van der Waals surface area contributed by atoms with Crippen LogP contribution < -0.4 is 15.9 Å². The van der Waals surface area contributed by atoms with Crippen LogP contribution in [0.1, 0.15) is 5.56 Å². The first-order valence-electron chi connectivity index (χ1n) is 7.94. The van der Waals surface area contributed by atoms with Crippen LogP contribution in [0.4, 0.5) is 0 Å². The highest BCUT2D eigenvalue weighted by Gasteiger charge is 2.14. The molecule has 0 aliphatic carbocycles. The Morgan fingerprint density at radius 1 is 1.31 bits per heavy atom. The lowest BCUT2D eigenvalue weighted by atomic mass is 10.1. The van der Waals surface area contributed by atoms with Crippen molar-refractivity contribution in [3.05, 3.63) is 47.3 Å². The molecule has 0 unspecified atom stereocenters. The van der Waals surface area contributed by atoms with Crippen LogP contribution in [0, 0.1) is 0 Å². The van der Waals surface area contributed by atoms with E-state index in [-0.39, 0.29) is 11.7 Å². The third-order valence-electron chi connectivity index (χ3n) is 3.63. The zero-order chi connectivity index (χ0) is 18.4. The Morgan fingerprint density at radius 3 is 2.81 bits per heavy atom. The van der Waals surface area contributed by atoms with Crippen molar-refractivity contribution in [3.8, 4) is 16.5 Å². The number of carbonyl (C=O) groups is 1. The molecule has 1 aromatic carbocycles. The van der Waals surface area contributed by atoms with Gasteiger partial charge in [0.25, 0.3) is 0 Å². The van der Waals surface area contributed by atoms with Crippen molar-refractivity contribution in [2.45, 2.75) is 11.6 Å². The highest BCUT2D eigenvalue weighted by atomic mass is 32.2. The summed E-state index contributed by atoms with van der Waals surface area (Å²) in [6.45, 7) is 0.571. The molecular weight excluding hydrogens is 370 g/mol. The summed E-state index contributed by atoms with van der Waals surface area (Å²) in [6, 6.07) is 11.7. The third kappa shape index (κ3) is 4.55. The Labute approximate surface area is 159 Å². The molecule has 0 fully saturated rings. The van der Waals surface area contributed by atoms with Gasteiger partial charge in [0.2, 0.25) is 11.1 Å². The SMILES string of the molecule is COc1ccc(CCNC(=O)CSc2nnc(-c3cccs3)n2N)cc1. The van der Waals surface area contributed by atoms with E-state index in [2.05, 4.69) is 15.5 Å². The summed E-state index contributed by atoms with van der Waals surface area (Å²) in [5.74, 6) is 7.61. The second-order valence-corrected chi connectivity index (χ2v) is 7.28. The Kier molecular flexibility index (Phi) is 6.13. The van der Waals surface area contributed by atoms with Gasteiger partial charge in [-0.1, -0.05) is 30.0 Å². The monoisotopic (exact) mass is 389 g/mol. The number of hydrogen-bond donors (Lipinski definition) is 2. The summed E-state index contributed by atoms with van der Waals surface area (Å²) in [5, 5.41) is 13.5. The molecule has 136 valence electrons. The maximum atomic E-state index is 12.0. The van der Waals surface area contributed by atoms with Crippen LogP contribution >= 0.6 is 23.1 Å². The van der Waals surface area contributed by atoms with E-state index in [1.54, 1.807) is 7.11 Å². The maximum Gasteiger partial charge on any atom is 0.230 e. The highest BCUT2D eigenvalue weighted by molar-refractivity contribution is 7.99. The molecule has 0 radical (unpaired) electrons. The van der Waals surface area contributed by atoms with Gasteiger partial charge in [0, 0.05) is 6.54 Å². The average Bonchev–Trinajstić information content (AvgIpc) is 3.30. The lowest BCUT2D eigenvalue weighted by molar-refractivity contribution is -0.118. The minimum absolute atomic E-state index is 0.0656. The Bertz CT molecular complexity index is 847. The fourth-order valence-corrected chi connectivity index (χ4v) is 3.66. The molecule has 0 bridgehead atoms. The Balaban J connectivity index is 1.44. The number of methoxy groups -OCH3 is 1. The molecule has 0 aliphatic rings. The zero-order valence-corrected chi connectivity index (χ0v) is 15.8. The van der Waals surface area contributed by atoms with Gasteiger partial charge in [0.15, 0.2) is 5.82 Å². The van der Waals surface area contributed by atoms with Crippen molar-refractivity contribution >= 4 is 29.0 Å². The van der Waals surface area contributed by atoms with E-state index in [1.807, 2.05) is 41.8 Å². The molecule has 0 spiro atoms. The second-order valence-electron chi connectivity index (χ2n) is 5.39. The Morgan fingerprint density at radius 2 is 2.12 bits per heavy atom. The first kappa shape index (κ1) is 18.3. The number of rotatable bonds is 8. The number of nitrogens with two attached hydrogens (primary N) is 1. The summed E-state index contributed by atoms with van der Waals surface area (Å²) in [7, 11) is 1.64. The number of thioether (sulfide) groups is 1. The molecule has 2 aromatic heterocycles. The van der Waals surface area contributed by atoms with Crippen molar-refractivity contribution in [1.29, 1.82) is 0 Å². The molecule has 0 saturated carbocycles. The summed E-state index contributed by atoms with van der Waals surface area (Å²) in [4.78, 5) is 12.9. The molecule has 7 nitrogen and oxygen atoms in total. The lowest BCUT2D eigenvalue weighted by Gasteiger charge is -2.06. The largest absolute Gasteiger partial charge is 0.497 e. The zero-order valence-electron chi connectivity index (χ0n) is 14.2. The maximum absolute atomic E-state index is 12.0. The number of nitrogen functional groups attached to an aromatic ring is 1. The van der Waals surface area contributed by atoms with Crippen molar-refractivity contribution in [2.24, 2.45) is 0 Å². The number of nitrogens with zero attached hydrogens (tertiary/aromatic N) is 3. The highest BCUT2D eigenvalue weighted by Crippen LogP contribution is 2.24. The van der Waals surface area contributed by atoms with E-state index < -0.39 is 0 Å². The molecule has 2 heterocycles. The van der Waals surface area contributed by atoms with Gasteiger partial charge in [0.05, 0.1) is 17.7 Å². The minimum atomic E-state index is -0.0656. The third-order valence-corrected chi connectivity index (χ3v) is 5.44. The predicted molar refractivity (Wildman–Crippen MR) is 104 cm³/mol. The standard InChI is InChI=1S/C17H19N5O2S2/c1-24-13-6-4-12(5-7-13)8-9-19-15(23)11-26-17-21-20-16(22(17)18)14-3-2-10-25-14/h2-7,10H,8-9,11,18H2,1H3,(H,19,23). The summed E-state index contributed by atoms with van der Waals surface area (Å²) in [6.07, 6.45) is 0.760. The smallest absolute Gasteiger partial charge is 0.230 e. The fourth-order valence-electron chi connectivity index (χ4n) is 2.27. The summed E-state index contributed by atoms with van der Waals surface area (Å²) in [5.41, 5.74) is 1.14. The molecule has 26 heavy (non-hydrogen) atoms. The minimum Gasteiger partial charge on any atom is -0.497 e. The number of nitrogens with one attached hydrogen (secondary N) is 1. The van der Waals surface area contributed by atoms with Gasteiger partial charge >= 0.3 is 0 Å². The van der Waals surface area contributed by atoms with Gasteiger partial charge in [0.1, 0.15) is 5.75 Å². The van der Waals surface area contributed by atoms with E-state index in [4.69, 9.17) is 10.6 Å². The lowest BCUT2D eigenvalue weighted by Crippen LogP contribution is -2.27. The molecular formula is C17H19N5O2S2. The van der Waals surface area contributed by atoms with E-state index in [1.165, 1.54) is 27.8 Å². The quantitative estimate of drug-likeness (QED) is 0.453. The normalized spacial score (nSPS) is 10.7. The van der Waals surface area contributed by atoms with Crippen LogP contribution in [0.2, 0.25) is 0 Å². The van der Waals surface area contributed by atoms with Gasteiger partial charge in [-0.15, -0.1) is 21.5 Å². The number of benzene rings is 1. The second kappa shape index (κ2) is 8.72. The van der Waals surface area contributed by atoms with Crippen LogP contribution in [-0.4, -0.2) is 40.2 Å². The predicted octanol–water partition coefficient (Wildman–Crippen LogP) is 2.18. The van der Waals surface area contributed by atoms with Gasteiger partial charge in [-0.3, -0.25) is 4.79 Å².